The fourth-order valence-electron chi connectivity index (χ4n) is 2.34. The Morgan fingerprint density at radius 1 is 1.37 bits per heavy atom. The minimum Gasteiger partial charge on any atom is -0.350 e. The van der Waals surface area contributed by atoms with Crippen molar-refractivity contribution in [3.8, 4) is 0 Å². The van der Waals surface area contributed by atoms with Gasteiger partial charge in [-0.2, -0.15) is 13.2 Å². The first-order valence-corrected chi connectivity index (χ1v) is 7.78. The molecule has 0 aromatic heterocycles. The maximum absolute atomic E-state index is 12.7. The molecule has 0 heterocycles. The molecule has 0 bridgehead atoms. The Bertz CT molecular complexity index is 316. The van der Waals surface area contributed by atoms with Crippen LogP contribution in [0.25, 0.3) is 0 Å². The normalized spacial score (nSPS) is 27.7. The highest BCUT2D eigenvalue weighted by Gasteiger charge is 2.44. The lowest BCUT2D eigenvalue weighted by Gasteiger charge is -2.33. The van der Waals surface area contributed by atoms with Crippen LogP contribution in [0, 0.1) is 11.8 Å². The molecule has 1 amide bonds. The van der Waals surface area contributed by atoms with Crippen LogP contribution >= 0.6 is 15.9 Å². The van der Waals surface area contributed by atoms with E-state index in [1.54, 1.807) is 0 Å². The van der Waals surface area contributed by atoms with Crippen LogP contribution in [-0.4, -0.2) is 23.0 Å². The summed E-state index contributed by atoms with van der Waals surface area (Å²) in [6, 6.07) is 0. The summed E-state index contributed by atoms with van der Waals surface area (Å²) in [5.41, 5.74) is -0.387. The SMILES string of the molecule is CCC(C)(CBr)NC(=O)C1CCCC(C(F)(F)F)C1. The summed E-state index contributed by atoms with van der Waals surface area (Å²) in [5, 5.41) is 3.48. The highest BCUT2D eigenvalue weighted by atomic mass is 79.9. The fourth-order valence-corrected chi connectivity index (χ4v) is 2.88. The minimum atomic E-state index is -4.18. The van der Waals surface area contributed by atoms with Crippen molar-refractivity contribution in [1.29, 1.82) is 0 Å². The molecule has 0 aromatic rings. The number of carbonyl (C=O) groups excluding carboxylic acids is 1. The number of amides is 1. The van der Waals surface area contributed by atoms with E-state index in [0.717, 1.165) is 6.42 Å². The van der Waals surface area contributed by atoms with Gasteiger partial charge in [0.15, 0.2) is 0 Å². The fraction of sp³-hybridized carbons (Fsp3) is 0.923. The molecule has 112 valence electrons. The molecule has 0 spiro atoms. The Labute approximate surface area is 120 Å². The first-order chi connectivity index (χ1) is 8.72. The van der Waals surface area contributed by atoms with Crippen molar-refractivity contribution in [2.24, 2.45) is 11.8 Å². The molecule has 1 fully saturated rings. The maximum Gasteiger partial charge on any atom is 0.391 e. The second kappa shape index (κ2) is 6.46. The third kappa shape index (κ3) is 4.65. The number of nitrogens with one attached hydrogen (secondary N) is 1. The molecule has 19 heavy (non-hydrogen) atoms. The molecular formula is C13H21BrF3NO. The lowest BCUT2D eigenvalue weighted by atomic mass is 9.80. The van der Waals surface area contributed by atoms with Crippen molar-refractivity contribution < 1.29 is 18.0 Å². The van der Waals surface area contributed by atoms with Gasteiger partial charge in [0.1, 0.15) is 0 Å². The second-order valence-corrected chi connectivity index (χ2v) is 6.20. The van der Waals surface area contributed by atoms with Gasteiger partial charge in [-0.25, -0.2) is 0 Å². The number of alkyl halides is 4. The molecule has 0 radical (unpaired) electrons. The molecule has 0 saturated heterocycles. The predicted molar refractivity (Wildman–Crippen MR) is 72.1 cm³/mol. The Morgan fingerprint density at radius 3 is 2.47 bits per heavy atom. The van der Waals surface area contributed by atoms with E-state index in [1.165, 1.54) is 0 Å². The summed E-state index contributed by atoms with van der Waals surface area (Å²) < 4.78 is 38.1. The van der Waals surface area contributed by atoms with Gasteiger partial charge in [0, 0.05) is 16.8 Å². The average molecular weight is 344 g/mol. The molecule has 0 aromatic carbocycles. The molecule has 1 saturated carbocycles. The van der Waals surface area contributed by atoms with Crippen LogP contribution in [0.5, 0.6) is 0 Å². The van der Waals surface area contributed by atoms with Gasteiger partial charge < -0.3 is 5.32 Å². The van der Waals surface area contributed by atoms with Gasteiger partial charge in [-0.3, -0.25) is 4.79 Å². The van der Waals surface area contributed by atoms with Gasteiger partial charge in [-0.15, -0.1) is 0 Å². The maximum atomic E-state index is 12.7. The van der Waals surface area contributed by atoms with Crippen molar-refractivity contribution in [2.75, 3.05) is 5.33 Å². The topological polar surface area (TPSA) is 29.1 Å². The van der Waals surface area contributed by atoms with E-state index >= 15 is 0 Å². The molecule has 3 atom stereocenters. The summed E-state index contributed by atoms with van der Waals surface area (Å²) in [4.78, 5) is 12.1. The van der Waals surface area contributed by atoms with Crippen molar-refractivity contribution >= 4 is 21.8 Å². The van der Waals surface area contributed by atoms with Crippen LogP contribution in [0.15, 0.2) is 0 Å². The number of hydrogen-bond acceptors (Lipinski definition) is 1. The van der Waals surface area contributed by atoms with E-state index in [-0.39, 0.29) is 24.3 Å². The number of rotatable bonds is 4. The van der Waals surface area contributed by atoms with E-state index < -0.39 is 18.0 Å². The zero-order valence-electron chi connectivity index (χ0n) is 11.3. The zero-order valence-corrected chi connectivity index (χ0v) is 12.9. The highest BCUT2D eigenvalue weighted by Crippen LogP contribution is 2.40. The molecule has 2 nitrogen and oxygen atoms in total. The molecule has 1 aliphatic rings. The Hall–Kier alpha value is -0.260. The van der Waals surface area contributed by atoms with Crippen LogP contribution in [0.4, 0.5) is 13.2 Å². The summed E-state index contributed by atoms with van der Waals surface area (Å²) in [6.45, 7) is 3.84. The summed E-state index contributed by atoms with van der Waals surface area (Å²) >= 11 is 3.33. The number of halogens is 4. The molecular weight excluding hydrogens is 323 g/mol. The van der Waals surface area contributed by atoms with Gasteiger partial charge in [0.05, 0.1) is 5.92 Å². The summed E-state index contributed by atoms with van der Waals surface area (Å²) in [5.74, 6) is -2.07. The molecule has 3 unspecified atom stereocenters. The zero-order chi connectivity index (χ0) is 14.7. The molecule has 1 rings (SSSR count). The largest absolute Gasteiger partial charge is 0.391 e. The minimum absolute atomic E-state index is 0.0720. The van der Waals surface area contributed by atoms with Gasteiger partial charge in [0.25, 0.3) is 0 Å². The lowest BCUT2D eigenvalue weighted by Crippen LogP contribution is -2.50. The first kappa shape index (κ1) is 16.8. The van der Waals surface area contributed by atoms with Crippen molar-refractivity contribution in [3.63, 3.8) is 0 Å². The van der Waals surface area contributed by atoms with E-state index in [4.69, 9.17) is 0 Å². The van der Waals surface area contributed by atoms with Crippen LogP contribution in [-0.2, 0) is 4.79 Å². The van der Waals surface area contributed by atoms with Gasteiger partial charge >= 0.3 is 6.18 Å². The second-order valence-electron chi connectivity index (χ2n) is 5.64. The number of hydrogen-bond donors (Lipinski definition) is 1. The summed E-state index contributed by atoms with van der Waals surface area (Å²) in [6.07, 6.45) is -2.34. The third-order valence-electron chi connectivity index (χ3n) is 4.01. The van der Waals surface area contributed by atoms with E-state index in [1.807, 2.05) is 13.8 Å². The van der Waals surface area contributed by atoms with Crippen LogP contribution in [0.1, 0.15) is 46.0 Å². The first-order valence-electron chi connectivity index (χ1n) is 6.66. The lowest BCUT2D eigenvalue weighted by molar-refractivity contribution is -0.186. The van der Waals surface area contributed by atoms with Crippen LogP contribution in [0.2, 0.25) is 0 Å². The molecule has 1 N–H and O–H groups in total. The quantitative estimate of drug-likeness (QED) is 0.767. The monoisotopic (exact) mass is 343 g/mol. The number of carbonyl (C=O) groups is 1. The van der Waals surface area contributed by atoms with Crippen LogP contribution in [0.3, 0.4) is 0 Å². The average Bonchev–Trinajstić information content (AvgIpc) is 2.37. The van der Waals surface area contributed by atoms with Gasteiger partial charge in [0.2, 0.25) is 5.91 Å². The third-order valence-corrected chi connectivity index (χ3v) is 5.25. The van der Waals surface area contributed by atoms with Gasteiger partial charge in [-0.05, 0) is 32.6 Å². The van der Waals surface area contributed by atoms with E-state index in [9.17, 15) is 18.0 Å². The smallest absolute Gasteiger partial charge is 0.350 e. The predicted octanol–water partition coefficient (Wildman–Crippen LogP) is 4.03. The van der Waals surface area contributed by atoms with Crippen LogP contribution < -0.4 is 5.32 Å². The van der Waals surface area contributed by atoms with Gasteiger partial charge in [-0.1, -0.05) is 29.3 Å². The Balaban J connectivity index is 2.62. The molecule has 0 aliphatic heterocycles. The Kier molecular flexibility index (Phi) is 5.71. The van der Waals surface area contributed by atoms with E-state index in [2.05, 4.69) is 21.2 Å². The van der Waals surface area contributed by atoms with Crippen molar-refractivity contribution in [3.05, 3.63) is 0 Å². The van der Waals surface area contributed by atoms with Crippen molar-refractivity contribution in [2.45, 2.75) is 57.7 Å². The summed E-state index contributed by atoms with van der Waals surface area (Å²) in [7, 11) is 0. The highest BCUT2D eigenvalue weighted by molar-refractivity contribution is 9.09. The molecule has 6 heteroatoms. The van der Waals surface area contributed by atoms with Crippen molar-refractivity contribution in [1.82, 2.24) is 5.32 Å². The van der Waals surface area contributed by atoms with E-state index in [0.29, 0.717) is 18.2 Å². The standard InChI is InChI=1S/C13H21BrF3NO/c1-3-12(2,8-14)18-11(19)9-5-4-6-10(7-9)13(15,16)17/h9-10H,3-8H2,1-2H3,(H,18,19). The molecule has 1 aliphatic carbocycles. The Morgan fingerprint density at radius 2 is 2.00 bits per heavy atom.